The van der Waals surface area contributed by atoms with Gasteiger partial charge >= 0.3 is 11.9 Å². The Hall–Kier alpha value is -3.59. The summed E-state index contributed by atoms with van der Waals surface area (Å²) >= 11 is 0.716. The van der Waals surface area contributed by atoms with E-state index < -0.39 is 29.6 Å². The zero-order chi connectivity index (χ0) is 23.3. The molecule has 2 amide bonds. The lowest BCUT2D eigenvalue weighted by atomic mass is 10.1. The van der Waals surface area contributed by atoms with Crippen LogP contribution in [0.4, 0.5) is 4.79 Å². The third-order valence-corrected chi connectivity index (χ3v) is 5.35. The highest BCUT2D eigenvalue weighted by molar-refractivity contribution is 8.18. The predicted molar refractivity (Wildman–Crippen MR) is 118 cm³/mol. The second kappa shape index (κ2) is 10.1. The molecular weight excluding hydrogens is 434 g/mol. The molecule has 0 aromatic heterocycles. The number of carbonyl (C=O) groups excluding carboxylic acids is 4. The fourth-order valence-corrected chi connectivity index (χ4v) is 3.67. The molecule has 9 heteroatoms. The molecule has 0 saturated carbocycles. The van der Waals surface area contributed by atoms with Crippen molar-refractivity contribution in [3.05, 3.63) is 64.1 Å². The number of esters is 2. The van der Waals surface area contributed by atoms with Crippen LogP contribution in [0.25, 0.3) is 6.08 Å². The summed E-state index contributed by atoms with van der Waals surface area (Å²) in [7, 11) is 1.44. The molecule has 0 spiro atoms. The molecule has 2 aromatic rings. The molecule has 1 fully saturated rings. The largest absolute Gasteiger partial charge is 0.493 e. The summed E-state index contributed by atoms with van der Waals surface area (Å²) in [5.74, 6) is -1.32. The minimum Gasteiger partial charge on any atom is -0.493 e. The standard InChI is InChI=1S/C23H21NO7S/c1-4-30-20(25)13-24-21(26)19(32-23(24)28)12-15-7-10-17(29-3)18(11-15)31-22(27)16-8-5-14(2)6-9-16/h5-12H,4,13H2,1-3H3/b19-12-. The molecule has 32 heavy (non-hydrogen) atoms. The van der Waals surface area contributed by atoms with E-state index in [4.69, 9.17) is 14.2 Å². The van der Waals surface area contributed by atoms with Crippen molar-refractivity contribution in [2.75, 3.05) is 20.3 Å². The molecule has 2 aromatic carbocycles. The molecule has 0 unspecified atom stereocenters. The van der Waals surface area contributed by atoms with Gasteiger partial charge in [-0.2, -0.15) is 0 Å². The highest BCUT2D eigenvalue weighted by atomic mass is 32.2. The topological polar surface area (TPSA) is 99.2 Å². The average Bonchev–Trinajstić information content (AvgIpc) is 3.02. The Balaban J connectivity index is 1.81. The van der Waals surface area contributed by atoms with Gasteiger partial charge in [0.1, 0.15) is 6.54 Å². The molecule has 1 saturated heterocycles. The van der Waals surface area contributed by atoms with E-state index in [-0.39, 0.29) is 17.3 Å². The lowest BCUT2D eigenvalue weighted by Gasteiger charge is -2.11. The predicted octanol–water partition coefficient (Wildman–Crippen LogP) is 3.82. The summed E-state index contributed by atoms with van der Waals surface area (Å²) in [5, 5.41) is -0.561. The van der Waals surface area contributed by atoms with Gasteiger partial charge in [-0.3, -0.25) is 19.3 Å². The number of benzene rings is 2. The minimum atomic E-state index is -0.661. The van der Waals surface area contributed by atoms with Crippen molar-refractivity contribution in [2.45, 2.75) is 13.8 Å². The molecule has 0 radical (unpaired) electrons. The number of nitrogens with zero attached hydrogens (tertiary/aromatic N) is 1. The van der Waals surface area contributed by atoms with E-state index in [2.05, 4.69) is 0 Å². The van der Waals surface area contributed by atoms with Gasteiger partial charge in [0.15, 0.2) is 11.5 Å². The normalized spacial score (nSPS) is 14.6. The third-order valence-electron chi connectivity index (χ3n) is 4.44. The van der Waals surface area contributed by atoms with E-state index in [1.165, 1.54) is 19.3 Å². The van der Waals surface area contributed by atoms with Crippen molar-refractivity contribution < 1.29 is 33.4 Å². The quantitative estimate of drug-likeness (QED) is 0.353. The molecule has 3 rings (SSSR count). The van der Waals surface area contributed by atoms with Gasteiger partial charge < -0.3 is 14.2 Å². The third kappa shape index (κ3) is 5.36. The summed E-state index contributed by atoms with van der Waals surface area (Å²) < 4.78 is 15.6. The second-order valence-corrected chi connectivity index (χ2v) is 7.73. The van der Waals surface area contributed by atoms with Crippen LogP contribution in [-0.4, -0.2) is 48.2 Å². The van der Waals surface area contributed by atoms with Gasteiger partial charge in [0, 0.05) is 0 Å². The Labute approximate surface area is 189 Å². The Bertz CT molecular complexity index is 1090. The number of methoxy groups -OCH3 is 1. The zero-order valence-electron chi connectivity index (χ0n) is 17.7. The summed E-state index contributed by atoms with van der Waals surface area (Å²) in [5.41, 5.74) is 1.90. The fraction of sp³-hybridized carbons (Fsp3) is 0.217. The number of thioether (sulfide) groups is 1. The van der Waals surface area contributed by atoms with Gasteiger partial charge in [-0.1, -0.05) is 23.8 Å². The average molecular weight is 455 g/mol. The maximum atomic E-state index is 12.6. The van der Waals surface area contributed by atoms with Crippen LogP contribution in [0.1, 0.15) is 28.4 Å². The number of amides is 2. The Morgan fingerprint density at radius 2 is 1.78 bits per heavy atom. The van der Waals surface area contributed by atoms with Crippen molar-refractivity contribution in [3.8, 4) is 11.5 Å². The number of hydrogen-bond donors (Lipinski definition) is 0. The molecular formula is C23H21NO7S. The fourth-order valence-electron chi connectivity index (χ4n) is 2.83. The molecule has 1 heterocycles. The Morgan fingerprint density at radius 1 is 1.06 bits per heavy atom. The molecule has 0 N–H and O–H groups in total. The molecule has 1 aliphatic heterocycles. The zero-order valence-corrected chi connectivity index (χ0v) is 18.6. The number of imide groups is 1. The van der Waals surface area contributed by atoms with Gasteiger partial charge in [0.25, 0.3) is 11.1 Å². The first kappa shape index (κ1) is 23.1. The number of ether oxygens (including phenoxy) is 3. The summed E-state index contributed by atoms with van der Waals surface area (Å²) in [6.45, 7) is 3.26. The maximum absolute atomic E-state index is 12.6. The summed E-state index contributed by atoms with van der Waals surface area (Å²) in [6.07, 6.45) is 1.48. The number of hydrogen-bond acceptors (Lipinski definition) is 8. The van der Waals surface area contributed by atoms with Gasteiger partial charge in [-0.15, -0.1) is 0 Å². The van der Waals surface area contributed by atoms with Gasteiger partial charge in [0.05, 0.1) is 24.2 Å². The highest BCUT2D eigenvalue weighted by Gasteiger charge is 2.36. The monoisotopic (exact) mass is 455 g/mol. The van der Waals surface area contributed by atoms with E-state index in [1.54, 1.807) is 43.3 Å². The number of carbonyl (C=O) groups is 4. The molecule has 0 atom stereocenters. The van der Waals surface area contributed by atoms with Crippen LogP contribution in [0.3, 0.4) is 0 Å². The highest BCUT2D eigenvalue weighted by Crippen LogP contribution is 2.34. The van der Waals surface area contributed by atoms with Crippen molar-refractivity contribution in [1.82, 2.24) is 4.90 Å². The molecule has 8 nitrogen and oxygen atoms in total. The minimum absolute atomic E-state index is 0.139. The summed E-state index contributed by atoms with van der Waals surface area (Å²) in [6, 6.07) is 11.7. The summed E-state index contributed by atoms with van der Waals surface area (Å²) in [4.78, 5) is 49.8. The van der Waals surface area contributed by atoms with Crippen LogP contribution in [0.2, 0.25) is 0 Å². The first-order chi connectivity index (χ1) is 15.3. The lowest BCUT2D eigenvalue weighted by Crippen LogP contribution is -2.34. The first-order valence-electron chi connectivity index (χ1n) is 9.70. The van der Waals surface area contributed by atoms with Crippen LogP contribution in [0.15, 0.2) is 47.4 Å². The van der Waals surface area contributed by atoms with Crippen LogP contribution in [0, 0.1) is 6.92 Å². The smallest absolute Gasteiger partial charge is 0.343 e. The number of aryl methyl sites for hydroxylation is 1. The molecule has 1 aliphatic rings. The maximum Gasteiger partial charge on any atom is 0.343 e. The van der Waals surface area contributed by atoms with Crippen LogP contribution < -0.4 is 9.47 Å². The van der Waals surface area contributed by atoms with Crippen LogP contribution in [-0.2, 0) is 14.3 Å². The van der Waals surface area contributed by atoms with E-state index in [0.717, 1.165) is 10.5 Å². The van der Waals surface area contributed by atoms with Crippen molar-refractivity contribution in [1.29, 1.82) is 0 Å². The number of rotatable bonds is 7. The lowest BCUT2D eigenvalue weighted by molar-refractivity contribution is -0.145. The van der Waals surface area contributed by atoms with Gasteiger partial charge in [-0.25, -0.2) is 4.79 Å². The van der Waals surface area contributed by atoms with Crippen LogP contribution in [0.5, 0.6) is 11.5 Å². The van der Waals surface area contributed by atoms with Crippen molar-refractivity contribution in [3.63, 3.8) is 0 Å². The van der Waals surface area contributed by atoms with Gasteiger partial charge in [-0.05, 0) is 61.5 Å². The van der Waals surface area contributed by atoms with E-state index in [1.807, 2.05) is 6.92 Å². The molecule has 0 aliphatic carbocycles. The second-order valence-electron chi connectivity index (χ2n) is 6.74. The Morgan fingerprint density at radius 3 is 2.44 bits per heavy atom. The molecule has 166 valence electrons. The van der Waals surface area contributed by atoms with Crippen LogP contribution >= 0.6 is 11.8 Å². The van der Waals surface area contributed by atoms with Crippen molar-refractivity contribution >= 4 is 40.9 Å². The van der Waals surface area contributed by atoms with E-state index in [9.17, 15) is 19.2 Å². The molecule has 0 bridgehead atoms. The van der Waals surface area contributed by atoms with E-state index >= 15 is 0 Å². The Kier molecular flexibility index (Phi) is 7.32. The van der Waals surface area contributed by atoms with Crippen molar-refractivity contribution in [2.24, 2.45) is 0 Å². The SMILES string of the molecule is CCOC(=O)CN1C(=O)S/C(=C\c2ccc(OC)c(OC(=O)c3ccc(C)cc3)c2)C1=O. The van der Waals surface area contributed by atoms with Gasteiger partial charge in [0.2, 0.25) is 0 Å². The van der Waals surface area contributed by atoms with E-state index in [0.29, 0.717) is 28.6 Å². The first-order valence-corrected chi connectivity index (χ1v) is 10.5.